The molecular formula is C15H20N4O6. The van der Waals surface area contributed by atoms with Gasteiger partial charge in [0.1, 0.15) is 6.10 Å². The topological polar surface area (TPSA) is 128 Å². The summed E-state index contributed by atoms with van der Waals surface area (Å²) in [6.07, 6.45) is -0.0492. The third-order valence-corrected chi connectivity index (χ3v) is 3.73. The van der Waals surface area contributed by atoms with Crippen molar-refractivity contribution in [1.82, 2.24) is 9.91 Å². The van der Waals surface area contributed by atoms with Gasteiger partial charge in [0.15, 0.2) is 6.29 Å². The Morgan fingerprint density at radius 3 is 2.52 bits per heavy atom. The third kappa shape index (κ3) is 5.48. The minimum atomic E-state index is -0.580. The lowest BCUT2D eigenvalue weighted by molar-refractivity contribution is -0.385. The molecule has 136 valence electrons. The van der Waals surface area contributed by atoms with E-state index in [0.717, 1.165) is 37.9 Å². The van der Waals surface area contributed by atoms with E-state index in [9.17, 15) is 19.7 Å². The van der Waals surface area contributed by atoms with Crippen LogP contribution in [0.15, 0.2) is 24.3 Å². The number of carbonyl (C=O) groups excluding carboxylic acids is 2. The number of rotatable bonds is 4. The van der Waals surface area contributed by atoms with Crippen molar-refractivity contribution in [3.05, 3.63) is 39.9 Å². The maximum absolute atomic E-state index is 11.0. The molecule has 0 aliphatic carbocycles. The third-order valence-electron chi connectivity index (χ3n) is 3.73. The molecule has 2 heterocycles. The summed E-state index contributed by atoms with van der Waals surface area (Å²) in [6, 6.07) is 5.80. The molecule has 1 amide bonds. The summed E-state index contributed by atoms with van der Waals surface area (Å²) >= 11 is 0. The highest BCUT2D eigenvalue weighted by atomic mass is 16.6. The number of carbonyl (C=O) groups is 2. The molecule has 2 saturated heterocycles. The second kappa shape index (κ2) is 9.06. The van der Waals surface area contributed by atoms with Crippen molar-refractivity contribution in [1.29, 1.82) is 0 Å². The van der Waals surface area contributed by atoms with Crippen LogP contribution in [0.25, 0.3) is 0 Å². The van der Waals surface area contributed by atoms with Crippen LogP contribution in [0.4, 0.5) is 10.5 Å². The van der Waals surface area contributed by atoms with Crippen molar-refractivity contribution in [3.63, 3.8) is 0 Å². The molecule has 2 N–H and O–H groups in total. The number of morpholine rings is 1. The molecule has 2 aliphatic rings. The van der Waals surface area contributed by atoms with Gasteiger partial charge in [0.25, 0.3) is 5.69 Å². The van der Waals surface area contributed by atoms with Gasteiger partial charge in [0.05, 0.1) is 30.2 Å². The number of benzene rings is 1. The van der Waals surface area contributed by atoms with Crippen LogP contribution in [0.3, 0.4) is 0 Å². The average molecular weight is 352 g/mol. The fraction of sp³-hybridized carbons (Fsp3) is 0.467. The van der Waals surface area contributed by atoms with Crippen LogP contribution in [-0.4, -0.2) is 72.7 Å². The van der Waals surface area contributed by atoms with Crippen LogP contribution >= 0.6 is 0 Å². The molecule has 0 radical (unpaired) electrons. The Morgan fingerprint density at radius 2 is 2.00 bits per heavy atom. The molecule has 2 fully saturated rings. The number of hydrogen-bond donors (Lipinski definition) is 1. The molecule has 0 aromatic heterocycles. The second-order valence-corrected chi connectivity index (χ2v) is 5.50. The summed E-state index contributed by atoms with van der Waals surface area (Å²) in [7, 11) is 0. The molecule has 10 heteroatoms. The lowest BCUT2D eigenvalue weighted by atomic mass is 10.2. The van der Waals surface area contributed by atoms with E-state index >= 15 is 0 Å². The Kier molecular flexibility index (Phi) is 6.81. The van der Waals surface area contributed by atoms with E-state index in [0.29, 0.717) is 12.8 Å². The maximum Gasteiger partial charge on any atom is 0.424 e. The minimum Gasteiger partial charge on any atom is -0.442 e. The van der Waals surface area contributed by atoms with Crippen molar-refractivity contribution in [3.8, 4) is 0 Å². The number of ether oxygens (including phenoxy) is 2. The van der Waals surface area contributed by atoms with E-state index in [-0.39, 0.29) is 17.4 Å². The number of nitrogens with zero attached hydrogens (tertiary/aromatic N) is 3. The van der Waals surface area contributed by atoms with Crippen molar-refractivity contribution < 1.29 is 24.0 Å². The number of aldehydes is 1. The van der Waals surface area contributed by atoms with Gasteiger partial charge >= 0.3 is 6.09 Å². The number of para-hydroxylation sites is 1. The number of cyclic esters (lactones) is 1. The van der Waals surface area contributed by atoms with E-state index in [4.69, 9.17) is 15.3 Å². The van der Waals surface area contributed by atoms with Gasteiger partial charge in [-0.1, -0.05) is 12.1 Å². The molecule has 1 atom stereocenters. The summed E-state index contributed by atoms with van der Waals surface area (Å²) < 4.78 is 10.3. The Bertz CT molecular complexity index is 620. The number of amides is 1. The highest BCUT2D eigenvalue weighted by Gasteiger charge is 2.30. The summed E-state index contributed by atoms with van der Waals surface area (Å²) in [6.45, 7) is 4.55. The lowest BCUT2D eigenvalue weighted by Crippen LogP contribution is -2.42. The average Bonchev–Trinajstić information content (AvgIpc) is 2.93. The maximum atomic E-state index is 11.0. The van der Waals surface area contributed by atoms with Gasteiger partial charge in [-0.15, -0.1) is 0 Å². The van der Waals surface area contributed by atoms with E-state index < -0.39 is 11.0 Å². The van der Waals surface area contributed by atoms with Crippen molar-refractivity contribution in [2.45, 2.75) is 6.10 Å². The largest absolute Gasteiger partial charge is 0.442 e. The summed E-state index contributed by atoms with van der Waals surface area (Å²) in [5.41, 5.74) is -0.0417. The quantitative estimate of drug-likeness (QED) is 0.271. The van der Waals surface area contributed by atoms with Gasteiger partial charge in [-0.05, 0) is 6.07 Å². The van der Waals surface area contributed by atoms with Crippen LogP contribution in [0.1, 0.15) is 10.4 Å². The van der Waals surface area contributed by atoms with Crippen molar-refractivity contribution >= 4 is 18.1 Å². The molecule has 3 rings (SSSR count). The van der Waals surface area contributed by atoms with Crippen LogP contribution < -0.4 is 5.84 Å². The van der Waals surface area contributed by atoms with E-state index in [1.807, 2.05) is 0 Å². The molecule has 25 heavy (non-hydrogen) atoms. The SMILES string of the molecule is NN1CC(CN2CCOCC2)OC1=O.O=Cc1ccccc1[N+](=O)[O-]. The fourth-order valence-electron chi connectivity index (χ4n) is 2.46. The zero-order valence-electron chi connectivity index (χ0n) is 13.6. The highest BCUT2D eigenvalue weighted by molar-refractivity contribution is 5.81. The van der Waals surface area contributed by atoms with Gasteiger partial charge in [-0.25, -0.2) is 15.6 Å². The molecule has 10 nitrogen and oxygen atoms in total. The van der Waals surface area contributed by atoms with Gasteiger partial charge in [0, 0.05) is 25.7 Å². The van der Waals surface area contributed by atoms with Gasteiger partial charge in [0.2, 0.25) is 0 Å². The first-order chi connectivity index (χ1) is 12.0. The first kappa shape index (κ1) is 18.8. The molecule has 0 bridgehead atoms. The number of nitrogens with two attached hydrogens (primary N) is 1. The second-order valence-electron chi connectivity index (χ2n) is 5.50. The Hall–Kier alpha value is -2.56. The number of nitro groups is 1. The molecule has 2 aliphatic heterocycles. The standard InChI is InChI=1S/C8H15N3O3.C7H5NO3/c9-11-6-7(14-8(11)12)5-10-1-3-13-4-2-10;9-5-6-3-1-2-4-7(6)8(10)11/h7H,1-6,9H2;1-5H. The van der Waals surface area contributed by atoms with Crippen molar-refractivity contribution in [2.24, 2.45) is 5.84 Å². The monoisotopic (exact) mass is 352 g/mol. The molecular weight excluding hydrogens is 332 g/mol. The van der Waals surface area contributed by atoms with E-state index in [1.54, 1.807) is 6.07 Å². The smallest absolute Gasteiger partial charge is 0.424 e. The predicted octanol–water partition coefficient (Wildman–Crippen LogP) is 0.420. The molecule has 1 aromatic rings. The Balaban J connectivity index is 0.000000186. The summed E-state index contributed by atoms with van der Waals surface area (Å²) in [4.78, 5) is 33.1. The van der Waals surface area contributed by atoms with Crippen LogP contribution in [0.5, 0.6) is 0 Å². The molecule has 0 spiro atoms. The predicted molar refractivity (Wildman–Crippen MR) is 86.9 cm³/mol. The number of hydrazine groups is 1. The molecule has 0 saturated carbocycles. The highest BCUT2D eigenvalue weighted by Crippen LogP contribution is 2.14. The first-order valence-electron chi connectivity index (χ1n) is 7.72. The van der Waals surface area contributed by atoms with E-state index in [2.05, 4.69) is 4.90 Å². The Morgan fingerprint density at radius 1 is 1.32 bits per heavy atom. The van der Waals surface area contributed by atoms with Crippen LogP contribution in [0.2, 0.25) is 0 Å². The zero-order chi connectivity index (χ0) is 18.2. The minimum absolute atomic E-state index is 0.0920. The van der Waals surface area contributed by atoms with Gasteiger partial charge in [-0.2, -0.15) is 0 Å². The van der Waals surface area contributed by atoms with Gasteiger partial charge in [-0.3, -0.25) is 19.8 Å². The summed E-state index contributed by atoms with van der Waals surface area (Å²) in [5, 5.41) is 11.3. The van der Waals surface area contributed by atoms with E-state index in [1.165, 1.54) is 18.2 Å². The van der Waals surface area contributed by atoms with Crippen LogP contribution in [-0.2, 0) is 9.47 Å². The summed E-state index contributed by atoms with van der Waals surface area (Å²) in [5.74, 6) is 5.39. The zero-order valence-corrected chi connectivity index (χ0v) is 13.6. The fourth-order valence-corrected chi connectivity index (χ4v) is 2.46. The van der Waals surface area contributed by atoms with Crippen LogP contribution in [0, 0.1) is 10.1 Å². The Labute approximate surface area is 144 Å². The number of nitro benzene ring substituents is 1. The molecule has 1 aromatic carbocycles. The lowest BCUT2D eigenvalue weighted by Gasteiger charge is -2.27. The molecule has 1 unspecified atom stereocenters. The number of hydrogen-bond acceptors (Lipinski definition) is 8. The normalized spacial score (nSPS) is 20.4. The first-order valence-corrected chi connectivity index (χ1v) is 7.72. The van der Waals surface area contributed by atoms with Crippen molar-refractivity contribution in [2.75, 3.05) is 39.4 Å². The van der Waals surface area contributed by atoms with Gasteiger partial charge < -0.3 is 9.47 Å².